The summed E-state index contributed by atoms with van der Waals surface area (Å²) in [6.07, 6.45) is 5.45. The third-order valence-electron chi connectivity index (χ3n) is 5.86. The van der Waals surface area contributed by atoms with Crippen LogP contribution in [0.5, 0.6) is 0 Å². The van der Waals surface area contributed by atoms with Gasteiger partial charge in [-0.2, -0.15) is 0 Å². The van der Waals surface area contributed by atoms with Crippen LogP contribution in [0.2, 0.25) is 0 Å². The minimum absolute atomic E-state index is 0.000473. The Labute approximate surface area is 142 Å². The van der Waals surface area contributed by atoms with E-state index in [9.17, 15) is 9.59 Å². The molecule has 3 atom stereocenters. The second kappa shape index (κ2) is 6.16. The van der Waals surface area contributed by atoms with Crippen molar-refractivity contribution in [3.63, 3.8) is 0 Å². The Bertz CT molecular complexity index is 635. The Morgan fingerprint density at radius 3 is 2.79 bits per heavy atom. The highest BCUT2D eigenvalue weighted by Crippen LogP contribution is 2.30. The van der Waals surface area contributed by atoms with Crippen LogP contribution < -0.4 is 4.90 Å². The number of carbonyl (C=O) groups excluding carboxylic acids is 2. The summed E-state index contributed by atoms with van der Waals surface area (Å²) in [6.45, 7) is 2.08. The molecule has 0 spiro atoms. The van der Waals surface area contributed by atoms with Crippen molar-refractivity contribution in [2.24, 2.45) is 5.92 Å². The Morgan fingerprint density at radius 2 is 2.00 bits per heavy atom. The van der Waals surface area contributed by atoms with Gasteiger partial charge in [-0.1, -0.05) is 6.07 Å². The fourth-order valence-electron chi connectivity index (χ4n) is 4.37. The standard InChI is InChI=1S/C18H24N4O2/c1-20-14-5-6-15(20)12-21(9-7-14)18(24)13-10-17(23)22(11-13)16-4-2-3-8-19-16/h2-4,8,13-15H,5-7,9-12H2,1H3/t13-,14-,15-/m0/s1. The molecule has 0 N–H and O–H groups in total. The minimum atomic E-state index is -0.235. The highest BCUT2D eigenvalue weighted by Gasteiger charge is 2.41. The second-order valence-corrected chi connectivity index (χ2v) is 7.22. The summed E-state index contributed by atoms with van der Waals surface area (Å²) in [6, 6.07) is 6.61. The van der Waals surface area contributed by atoms with Gasteiger partial charge >= 0.3 is 0 Å². The number of hydrogen-bond acceptors (Lipinski definition) is 4. The van der Waals surface area contributed by atoms with Crippen LogP contribution in [-0.4, -0.2) is 65.4 Å². The zero-order valence-corrected chi connectivity index (χ0v) is 14.1. The van der Waals surface area contributed by atoms with Crippen molar-refractivity contribution in [3.8, 4) is 0 Å². The predicted molar refractivity (Wildman–Crippen MR) is 90.5 cm³/mol. The third kappa shape index (κ3) is 2.69. The number of likely N-dealkylation sites (N-methyl/N-ethyl adjacent to an activating group) is 1. The number of nitrogens with zero attached hydrogens (tertiary/aromatic N) is 4. The van der Waals surface area contributed by atoms with Gasteiger partial charge in [-0.3, -0.25) is 19.4 Å². The van der Waals surface area contributed by atoms with E-state index in [0.717, 1.165) is 19.5 Å². The van der Waals surface area contributed by atoms with Gasteiger partial charge in [0.25, 0.3) is 0 Å². The van der Waals surface area contributed by atoms with Crippen LogP contribution in [0.4, 0.5) is 5.82 Å². The molecule has 6 nitrogen and oxygen atoms in total. The summed E-state index contributed by atoms with van der Waals surface area (Å²) in [4.78, 5) is 35.6. The van der Waals surface area contributed by atoms with E-state index < -0.39 is 0 Å². The summed E-state index contributed by atoms with van der Waals surface area (Å²) in [7, 11) is 2.18. The first kappa shape index (κ1) is 15.6. The quantitative estimate of drug-likeness (QED) is 0.817. The van der Waals surface area contributed by atoms with E-state index in [0.29, 0.717) is 30.9 Å². The molecule has 6 heteroatoms. The highest BCUT2D eigenvalue weighted by molar-refractivity contribution is 5.99. The molecular formula is C18H24N4O2. The fraction of sp³-hybridized carbons (Fsp3) is 0.611. The highest BCUT2D eigenvalue weighted by atomic mass is 16.2. The molecule has 1 aromatic rings. The maximum absolute atomic E-state index is 13.0. The summed E-state index contributed by atoms with van der Waals surface area (Å²) in [5.74, 6) is 0.553. The van der Waals surface area contributed by atoms with Crippen LogP contribution in [-0.2, 0) is 9.59 Å². The van der Waals surface area contributed by atoms with E-state index in [2.05, 4.69) is 16.9 Å². The topological polar surface area (TPSA) is 56.8 Å². The normalized spacial score (nSPS) is 30.7. The number of aromatic nitrogens is 1. The van der Waals surface area contributed by atoms with Crippen molar-refractivity contribution < 1.29 is 9.59 Å². The molecule has 0 unspecified atom stereocenters. The number of likely N-dealkylation sites (tertiary alicyclic amines) is 1. The van der Waals surface area contributed by atoms with Crippen LogP contribution in [0.3, 0.4) is 0 Å². The average Bonchev–Trinajstić information content (AvgIpc) is 3.08. The SMILES string of the molecule is CN1[C@H]2CC[C@H]1CN(C(=O)[C@H]1CC(=O)N(c3ccccn3)C1)CC2. The monoisotopic (exact) mass is 328 g/mol. The lowest BCUT2D eigenvalue weighted by Crippen LogP contribution is -2.43. The molecule has 4 heterocycles. The first-order valence-electron chi connectivity index (χ1n) is 8.85. The second-order valence-electron chi connectivity index (χ2n) is 7.22. The first-order valence-corrected chi connectivity index (χ1v) is 8.85. The molecule has 3 fully saturated rings. The number of anilines is 1. The molecular weight excluding hydrogens is 304 g/mol. The van der Waals surface area contributed by atoms with Crippen molar-refractivity contribution >= 4 is 17.6 Å². The Hall–Kier alpha value is -1.95. The average molecular weight is 328 g/mol. The van der Waals surface area contributed by atoms with E-state index in [-0.39, 0.29) is 17.7 Å². The lowest BCUT2D eigenvalue weighted by Gasteiger charge is -2.27. The van der Waals surface area contributed by atoms with E-state index in [1.807, 2.05) is 23.1 Å². The largest absolute Gasteiger partial charge is 0.341 e. The van der Waals surface area contributed by atoms with Crippen molar-refractivity contribution in [2.75, 3.05) is 31.6 Å². The Balaban J connectivity index is 1.45. The van der Waals surface area contributed by atoms with Gasteiger partial charge in [-0.25, -0.2) is 4.98 Å². The predicted octanol–water partition coefficient (Wildman–Crippen LogP) is 1.13. The molecule has 3 saturated heterocycles. The van der Waals surface area contributed by atoms with Gasteiger partial charge in [0.2, 0.25) is 11.8 Å². The van der Waals surface area contributed by atoms with E-state index in [1.54, 1.807) is 11.1 Å². The Morgan fingerprint density at radius 1 is 1.17 bits per heavy atom. The van der Waals surface area contributed by atoms with Gasteiger partial charge in [-0.05, 0) is 38.4 Å². The molecule has 3 aliphatic heterocycles. The maximum Gasteiger partial charge on any atom is 0.229 e. The van der Waals surface area contributed by atoms with E-state index in [1.165, 1.54) is 12.8 Å². The number of fused-ring (bicyclic) bond motifs is 2. The lowest BCUT2D eigenvalue weighted by atomic mass is 10.0. The van der Waals surface area contributed by atoms with Crippen molar-refractivity contribution in [1.82, 2.24) is 14.8 Å². The van der Waals surface area contributed by atoms with Crippen LogP contribution in [0.1, 0.15) is 25.7 Å². The number of amides is 2. The number of carbonyl (C=O) groups is 2. The van der Waals surface area contributed by atoms with Gasteiger partial charge in [-0.15, -0.1) is 0 Å². The summed E-state index contributed by atoms with van der Waals surface area (Å²) >= 11 is 0. The van der Waals surface area contributed by atoms with Crippen molar-refractivity contribution in [2.45, 2.75) is 37.8 Å². The molecule has 1 aromatic heterocycles. The molecule has 0 aliphatic carbocycles. The Kier molecular flexibility index (Phi) is 4.00. The zero-order valence-electron chi connectivity index (χ0n) is 14.1. The fourth-order valence-corrected chi connectivity index (χ4v) is 4.37. The molecule has 4 rings (SSSR count). The molecule has 128 valence electrons. The molecule has 0 aromatic carbocycles. The maximum atomic E-state index is 13.0. The number of rotatable bonds is 2. The first-order chi connectivity index (χ1) is 11.6. The van der Waals surface area contributed by atoms with Crippen LogP contribution in [0.15, 0.2) is 24.4 Å². The summed E-state index contributed by atoms with van der Waals surface area (Å²) in [5, 5.41) is 0. The molecule has 3 aliphatic rings. The minimum Gasteiger partial charge on any atom is -0.341 e. The number of hydrogen-bond donors (Lipinski definition) is 0. The summed E-state index contributed by atoms with van der Waals surface area (Å²) in [5.41, 5.74) is 0. The molecule has 24 heavy (non-hydrogen) atoms. The van der Waals surface area contributed by atoms with Crippen molar-refractivity contribution in [1.29, 1.82) is 0 Å². The van der Waals surface area contributed by atoms with Gasteiger partial charge in [0.15, 0.2) is 0 Å². The van der Waals surface area contributed by atoms with Crippen LogP contribution >= 0.6 is 0 Å². The zero-order chi connectivity index (χ0) is 16.7. The smallest absolute Gasteiger partial charge is 0.229 e. The van der Waals surface area contributed by atoms with Gasteiger partial charge in [0.05, 0.1) is 5.92 Å². The van der Waals surface area contributed by atoms with Crippen molar-refractivity contribution in [3.05, 3.63) is 24.4 Å². The summed E-state index contributed by atoms with van der Waals surface area (Å²) < 4.78 is 0. The van der Waals surface area contributed by atoms with Crippen LogP contribution in [0.25, 0.3) is 0 Å². The lowest BCUT2D eigenvalue weighted by molar-refractivity contribution is -0.136. The van der Waals surface area contributed by atoms with E-state index in [4.69, 9.17) is 0 Å². The number of pyridine rings is 1. The van der Waals surface area contributed by atoms with Crippen LogP contribution in [0, 0.1) is 5.92 Å². The molecule has 2 amide bonds. The molecule has 2 bridgehead atoms. The van der Waals surface area contributed by atoms with Gasteiger partial charge < -0.3 is 4.90 Å². The van der Waals surface area contributed by atoms with E-state index >= 15 is 0 Å². The molecule has 0 radical (unpaired) electrons. The third-order valence-corrected chi connectivity index (χ3v) is 5.86. The van der Waals surface area contributed by atoms with Gasteiger partial charge in [0, 0.05) is 44.3 Å². The van der Waals surface area contributed by atoms with Gasteiger partial charge in [0.1, 0.15) is 5.82 Å². The molecule has 0 saturated carbocycles.